The summed E-state index contributed by atoms with van der Waals surface area (Å²) in [7, 11) is 0. The average molecular weight is 312 g/mol. The van der Waals surface area contributed by atoms with Gasteiger partial charge in [-0.2, -0.15) is 0 Å². The Kier molecular flexibility index (Phi) is 4.44. The lowest BCUT2D eigenvalue weighted by Gasteiger charge is -2.13. The maximum absolute atomic E-state index is 11.0. The first-order valence-electron chi connectivity index (χ1n) is 4.23. The molecule has 0 amide bonds. The Labute approximate surface area is 107 Å². The van der Waals surface area contributed by atoms with Crippen LogP contribution >= 0.6 is 39.1 Å². The quantitative estimate of drug-likeness (QED) is 0.785. The average Bonchev–Trinajstić information content (AvgIpc) is 2.13. The van der Waals surface area contributed by atoms with Gasteiger partial charge in [0.05, 0.1) is 10.0 Å². The third-order valence-electron chi connectivity index (χ3n) is 1.85. The van der Waals surface area contributed by atoms with E-state index >= 15 is 0 Å². The smallest absolute Gasteiger partial charge is 0.169 e. The lowest BCUT2D eigenvalue weighted by atomic mass is 10.3. The van der Waals surface area contributed by atoms with E-state index in [0.29, 0.717) is 20.3 Å². The minimum absolute atomic E-state index is 0.0647. The molecule has 1 rings (SSSR count). The van der Waals surface area contributed by atoms with Crippen LogP contribution in [-0.4, -0.2) is 11.9 Å². The summed E-state index contributed by atoms with van der Waals surface area (Å²) in [6, 6.07) is 3.21. The summed E-state index contributed by atoms with van der Waals surface area (Å²) in [5.41, 5.74) is 0. The molecule has 0 fully saturated rings. The predicted molar refractivity (Wildman–Crippen MR) is 64.9 cm³/mol. The number of benzene rings is 1. The largest absolute Gasteiger partial charge is 0.481 e. The number of hydrogen-bond donors (Lipinski definition) is 0. The van der Waals surface area contributed by atoms with Crippen LogP contribution in [0.15, 0.2) is 16.6 Å². The number of ether oxygens (including phenoxy) is 1. The Morgan fingerprint density at radius 1 is 1.40 bits per heavy atom. The summed E-state index contributed by atoms with van der Waals surface area (Å²) in [6.07, 6.45) is -0.528. The molecule has 0 spiro atoms. The van der Waals surface area contributed by atoms with Crippen LogP contribution in [0.25, 0.3) is 0 Å². The maximum atomic E-state index is 11.0. The van der Waals surface area contributed by atoms with Crippen LogP contribution < -0.4 is 4.74 Å². The highest BCUT2D eigenvalue weighted by atomic mass is 79.9. The van der Waals surface area contributed by atoms with Crippen LogP contribution in [0.4, 0.5) is 0 Å². The Morgan fingerprint density at radius 3 is 2.53 bits per heavy atom. The van der Waals surface area contributed by atoms with E-state index < -0.39 is 6.10 Å². The van der Waals surface area contributed by atoms with Crippen molar-refractivity contribution in [3.63, 3.8) is 0 Å². The summed E-state index contributed by atoms with van der Waals surface area (Å²) in [5, 5.41) is 0.907. The van der Waals surface area contributed by atoms with Crippen molar-refractivity contribution in [1.82, 2.24) is 0 Å². The van der Waals surface area contributed by atoms with Gasteiger partial charge in [0.1, 0.15) is 5.75 Å². The SMILES string of the molecule is CC(=O)C(C)Oc1cc(Cl)c(Br)cc1Cl. The summed E-state index contributed by atoms with van der Waals surface area (Å²) in [4.78, 5) is 11.0. The first-order chi connectivity index (χ1) is 6.91. The highest BCUT2D eigenvalue weighted by Crippen LogP contribution is 2.34. The zero-order valence-electron chi connectivity index (χ0n) is 8.18. The Morgan fingerprint density at radius 2 is 2.00 bits per heavy atom. The van der Waals surface area contributed by atoms with Gasteiger partial charge in [0.2, 0.25) is 0 Å². The van der Waals surface area contributed by atoms with E-state index in [1.165, 1.54) is 6.92 Å². The van der Waals surface area contributed by atoms with Crippen molar-refractivity contribution in [2.45, 2.75) is 20.0 Å². The molecule has 5 heteroatoms. The van der Waals surface area contributed by atoms with Crippen molar-refractivity contribution in [3.8, 4) is 5.75 Å². The number of hydrogen-bond acceptors (Lipinski definition) is 2. The molecule has 2 nitrogen and oxygen atoms in total. The van der Waals surface area contributed by atoms with Crippen molar-refractivity contribution < 1.29 is 9.53 Å². The second kappa shape index (κ2) is 5.19. The fourth-order valence-electron chi connectivity index (χ4n) is 0.868. The Hall–Kier alpha value is -0.250. The topological polar surface area (TPSA) is 26.3 Å². The van der Waals surface area contributed by atoms with E-state index in [9.17, 15) is 4.79 Å². The highest BCUT2D eigenvalue weighted by Gasteiger charge is 2.13. The first-order valence-corrected chi connectivity index (χ1v) is 5.78. The molecule has 0 radical (unpaired) electrons. The molecule has 0 aromatic heterocycles. The van der Waals surface area contributed by atoms with Gasteiger partial charge >= 0.3 is 0 Å². The molecule has 0 heterocycles. The highest BCUT2D eigenvalue weighted by molar-refractivity contribution is 9.10. The van der Waals surface area contributed by atoms with Gasteiger partial charge in [-0.25, -0.2) is 0 Å². The summed E-state index contributed by atoms with van der Waals surface area (Å²) in [6.45, 7) is 3.12. The van der Waals surface area contributed by atoms with Gasteiger partial charge < -0.3 is 4.74 Å². The first kappa shape index (κ1) is 12.8. The van der Waals surface area contributed by atoms with Gasteiger partial charge in [-0.3, -0.25) is 4.79 Å². The van der Waals surface area contributed by atoms with Gasteiger partial charge in [0.15, 0.2) is 11.9 Å². The van der Waals surface area contributed by atoms with Crippen LogP contribution in [-0.2, 0) is 4.79 Å². The molecular weight excluding hydrogens is 303 g/mol. The molecule has 1 aromatic rings. The zero-order chi connectivity index (χ0) is 11.6. The number of ketones is 1. The van der Waals surface area contributed by atoms with Crippen molar-refractivity contribution in [1.29, 1.82) is 0 Å². The number of carbonyl (C=O) groups is 1. The third-order valence-corrected chi connectivity index (χ3v) is 3.34. The Bertz CT molecular complexity index is 393. The minimum Gasteiger partial charge on any atom is -0.481 e. The molecule has 15 heavy (non-hydrogen) atoms. The normalized spacial score (nSPS) is 12.3. The molecule has 1 atom stereocenters. The number of rotatable bonds is 3. The fraction of sp³-hybridized carbons (Fsp3) is 0.300. The monoisotopic (exact) mass is 310 g/mol. The molecule has 0 aliphatic heterocycles. The molecular formula is C10H9BrCl2O2. The fourth-order valence-corrected chi connectivity index (χ4v) is 1.71. The molecule has 1 aromatic carbocycles. The van der Waals surface area contributed by atoms with E-state index in [4.69, 9.17) is 27.9 Å². The standard InChI is InChI=1S/C10H9BrCl2O2/c1-5(14)6(2)15-10-4-8(12)7(11)3-9(10)13/h3-4,6H,1-2H3. The van der Waals surface area contributed by atoms with Crippen molar-refractivity contribution in [2.75, 3.05) is 0 Å². The minimum atomic E-state index is -0.528. The third kappa shape index (κ3) is 3.37. The number of halogens is 3. The van der Waals surface area contributed by atoms with Crippen LogP contribution in [0, 0.1) is 0 Å². The number of Topliss-reactive ketones (excluding diaryl/α,β-unsaturated/α-hetero) is 1. The van der Waals surface area contributed by atoms with E-state index in [2.05, 4.69) is 15.9 Å². The second-order valence-corrected chi connectivity index (χ2v) is 4.74. The van der Waals surface area contributed by atoms with E-state index in [1.54, 1.807) is 19.1 Å². The lowest BCUT2D eigenvalue weighted by Crippen LogP contribution is -2.20. The predicted octanol–water partition coefficient (Wildman–Crippen LogP) is 4.11. The molecule has 0 N–H and O–H groups in total. The molecule has 0 aliphatic rings. The van der Waals surface area contributed by atoms with Gasteiger partial charge in [-0.1, -0.05) is 23.2 Å². The molecule has 82 valence electrons. The summed E-state index contributed by atoms with van der Waals surface area (Å²) < 4.78 is 6.05. The van der Waals surface area contributed by atoms with Gasteiger partial charge in [-0.15, -0.1) is 0 Å². The summed E-state index contributed by atoms with van der Waals surface area (Å²) in [5.74, 6) is 0.345. The molecule has 0 bridgehead atoms. The van der Waals surface area contributed by atoms with Crippen LogP contribution in [0.3, 0.4) is 0 Å². The zero-order valence-corrected chi connectivity index (χ0v) is 11.3. The van der Waals surface area contributed by atoms with Gasteiger partial charge in [0.25, 0.3) is 0 Å². The number of carbonyl (C=O) groups excluding carboxylic acids is 1. The molecule has 0 saturated carbocycles. The van der Waals surface area contributed by atoms with Crippen LogP contribution in [0.5, 0.6) is 5.75 Å². The van der Waals surface area contributed by atoms with E-state index in [1.807, 2.05) is 0 Å². The van der Waals surface area contributed by atoms with Crippen molar-refractivity contribution in [2.24, 2.45) is 0 Å². The summed E-state index contributed by atoms with van der Waals surface area (Å²) >= 11 is 15.0. The van der Waals surface area contributed by atoms with Crippen molar-refractivity contribution >= 4 is 44.9 Å². The Balaban J connectivity index is 2.95. The lowest BCUT2D eigenvalue weighted by molar-refractivity contribution is -0.122. The van der Waals surface area contributed by atoms with Gasteiger partial charge in [0, 0.05) is 10.5 Å². The molecule has 1 unspecified atom stereocenters. The van der Waals surface area contributed by atoms with Crippen LogP contribution in [0.2, 0.25) is 10.0 Å². The maximum Gasteiger partial charge on any atom is 0.169 e. The van der Waals surface area contributed by atoms with Gasteiger partial charge in [-0.05, 0) is 35.8 Å². The van der Waals surface area contributed by atoms with E-state index in [-0.39, 0.29) is 5.78 Å². The second-order valence-electron chi connectivity index (χ2n) is 3.07. The molecule has 0 saturated heterocycles. The van der Waals surface area contributed by atoms with Crippen LogP contribution in [0.1, 0.15) is 13.8 Å². The molecule has 0 aliphatic carbocycles. The van der Waals surface area contributed by atoms with E-state index in [0.717, 1.165) is 0 Å². The van der Waals surface area contributed by atoms with Crippen molar-refractivity contribution in [3.05, 3.63) is 26.7 Å².